The van der Waals surface area contributed by atoms with Gasteiger partial charge in [0.05, 0.1) is 46.7 Å². The minimum Gasteiger partial charge on any atom is -0.378 e. The van der Waals surface area contributed by atoms with Crippen LogP contribution in [-0.2, 0) is 17.9 Å². The molecule has 0 radical (unpaired) electrons. The molecule has 0 spiro atoms. The normalized spacial score (nSPS) is 11.1. The van der Waals surface area contributed by atoms with E-state index in [2.05, 4.69) is 21.1 Å². The van der Waals surface area contributed by atoms with Gasteiger partial charge in [-0.1, -0.05) is 17.7 Å². The second-order valence-corrected chi connectivity index (χ2v) is 6.35. The number of rotatable bonds is 4. The third kappa shape index (κ3) is 2.88. The molecule has 0 unspecified atom stereocenters. The highest BCUT2D eigenvalue weighted by molar-refractivity contribution is 6.31. The van der Waals surface area contributed by atoms with Gasteiger partial charge >= 0.3 is 0 Å². The summed E-state index contributed by atoms with van der Waals surface area (Å²) in [5.41, 5.74) is 3.97. The van der Waals surface area contributed by atoms with Crippen LogP contribution in [0.2, 0.25) is 5.02 Å². The van der Waals surface area contributed by atoms with Crippen LogP contribution in [0.15, 0.2) is 42.9 Å². The molecule has 0 atom stereocenters. The van der Waals surface area contributed by atoms with Gasteiger partial charge in [0.15, 0.2) is 0 Å². The van der Waals surface area contributed by atoms with Crippen LogP contribution >= 0.6 is 11.6 Å². The zero-order chi connectivity index (χ0) is 18.1. The van der Waals surface area contributed by atoms with E-state index in [4.69, 9.17) is 16.3 Å². The molecule has 0 saturated heterocycles. The van der Waals surface area contributed by atoms with Crippen molar-refractivity contribution in [2.45, 2.75) is 13.2 Å². The number of nitrogens with zero attached hydrogens (tertiary/aromatic N) is 5. The Bertz CT molecular complexity index is 1160. The Hall–Kier alpha value is -3.01. The SMILES string of the molecule is COCc1nn(Cc2ccc3ncc(Cl)cc3c2)c2cncc(C#N)c12. The van der Waals surface area contributed by atoms with Crippen molar-refractivity contribution in [3.05, 3.63) is 64.7 Å². The lowest BCUT2D eigenvalue weighted by molar-refractivity contribution is 0.182. The van der Waals surface area contributed by atoms with Gasteiger partial charge in [0.2, 0.25) is 0 Å². The molecule has 3 heterocycles. The average Bonchev–Trinajstić information content (AvgIpc) is 2.99. The molecular formula is C19H14ClN5O. The fourth-order valence-electron chi connectivity index (χ4n) is 3.07. The number of benzene rings is 1. The van der Waals surface area contributed by atoms with Crippen molar-refractivity contribution in [1.29, 1.82) is 5.26 Å². The zero-order valence-electron chi connectivity index (χ0n) is 14.0. The van der Waals surface area contributed by atoms with Crippen molar-refractivity contribution in [3.63, 3.8) is 0 Å². The predicted molar refractivity (Wildman–Crippen MR) is 98.8 cm³/mol. The molecule has 3 aromatic heterocycles. The Labute approximate surface area is 154 Å². The van der Waals surface area contributed by atoms with E-state index in [1.807, 2.05) is 28.9 Å². The number of halogens is 1. The Balaban J connectivity index is 1.81. The van der Waals surface area contributed by atoms with Gasteiger partial charge in [-0.15, -0.1) is 0 Å². The van der Waals surface area contributed by atoms with E-state index in [0.717, 1.165) is 33.1 Å². The van der Waals surface area contributed by atoms with E-state index >= 15 is 0 Å². The lowest BCUT2D eigenvalue weighted by Gasteiger charge is -2.06. The molecule has 0 aliphatic heterocycles. The van der Waals surface area contributed by atoms with Crippen LogP contribution in [0.5, 0.6) is 0 Å². The van der Waals surface area contributed by atoms with Crippen molar-refractivity contribution >= 4 is 33.4 Å². The quantitative estimate of drug-likeness (QED) is 0.552. The number of nitriles is 1. The highest BCUT2D eigenvalue weighted by Crippen LogP contribution is 2.24. The predicted octanol–water partition coefficient (Wildman–Crippen LogP) is 3.70. The number of aromatic nitrogens is 4. The summed E-state index contributed by atoms with van der Waals surface area (Å²) in [4.78, 5) is 8.48. The first-order valence-corrected chi connectivity index (χ1v) is 8.34. The van der Waals surface area contributed by atoms with Gasteiger partial charge in [0.1, 0.15) is 6.07 Å². The van der Waals surface area contributed by atoms with Gasteiger partial charge < -0.3 is 4.74 Å². The molecule has 26 heavy (non-hydrogen) atoms. The van der Waals surface area contributed by atoms with Crippen molar-refractivity contribution in [2.24, 2.45) is 0 Å². The minimum atomic E-state index is 0.333. The number of hydrogen-bond acceptors (Lipinski definition) is 5. The van der Waals surface area contributed by atoms with E-state index < -0.39 is 0 Å². The Kier molecular flexibility index (Phi) is 4.25. The molecule has 128 valence electrons. The lowest BCUT2D eigenvalue weighted by Crippen LogP contribution is -2.03. The maximum Gasteiger partial charge on any atom is 0.102 e. The zero-order valence-corrected chi connectivity index (χ0v) is 14.7. The van der Waals surface area contributed by atoms with Gasteiger partial charge in [-0.25, -0.2) is 0 Å². The summed E-state index contributed by atoms with van der Waals surface area (Å²) in [5.74, 6) is 0. The third-order valence-electron chi connectivity index (χ3n) is 4.18. The fraction of sp³-hybridized carbons (Fsp3) is 0.158. The summed E-state index contributed by atoms with van der Waals surface area (Å²) in [6, 6.07) is 10.1. The molecule has 0 N–H and O–H groups in total. The van der Waals surface area contributed by atoms with Crippen LogP contribution in [0, 0.1) is 11.3 Å². The molecule has 1 aromatic carbocycles. The summed E-state index contributed by atoms with van der Waals surface area (Å²) < 4.78 is 7.09. The largest absolute Gasteiger partial charge is 0.378 e. The summed E-state index contributed by atoms with van der Waals surface area (Å²) in [6.07, 6.45) is 4.91. The summed E-state index contributed by atoms with van der Waals surface area (Å²) in [6.45, 7) is 0.874. The first-order chi connectivity index (χ1) is 12.7. The van der Waals surface area contributed by atoms with Crippen LogP contribution in [0.3, 0.4) is 0 Å². The van der Waals surface area contributed by atoms with E-state index in [9.17, 15) is 5.26 Å². The maximum atomic E-state index is 9.38. The summed E-state index contributed by atoms with van der Waals surface area (Å²) >= 11 is 6.05. The van der Waals surface area contributed by atoms with E-state index in [1.165, 1.54) is 0 Å². The van der Waals surface area contributed by atoms with Crippen LogP contribution in [-0.4, -0.2) is 26.9 Å². The van der Waals surface area contributed by atoms with Crippen molar-refractivity contribution in [1.82, 2.24) is 19.7 Å². The Morgan fingerprint density at radius 1 is 1.23 bits per heavy atom. The molecule has 0 aliphatic rings. The first-order valence-electron chi connectivity index (χ1n) is 7.96. The molecule has 0 saturated carbocycles. The fourth-order valence-corrected chi connectivity index (χ4v) is 3.23. The molecule has 6 nitrogen and oxygen atoms in total. The molecule has 0 amide bonds. The van der Waals surface area contributed by atoms with Crippen molar-refractivity contribution in [3.8, 4) is 6.07 Å². The van der Waals surface area contributed by atoms with E-state index in [1.54, 1.807) is 25.7 Å². The van der Waals surface area contributed by atoms with Gasteiger partial charge in [0, 0.05) is 30.3 Å². The standard InChI is InChI=1S/C19H14ClN5O/c1-26-11-17-19-14(6-21)7-22-9-18(19)25(24-17)10-12-2-3-16-13(4-12)5-15(20)8-23-16/h2-5,7-9H,10-11H2,1H3. The van der Waals surface area contributed by atoms with Crippen molar-refractivity contribution < 1.29 is 4.74 Å². The molecule has 0 bridgehead atoms. The smallest absolute Gasteiger partial charge is 0.102 e. The number of hydrogen-bond donors (Lipinski definition) is 0. The molecular weight excluding hydrogens is 350 g/mol. The first kappa shape index (κ1) is 16.5. The monoisotopic (exact) mass is 363 g/mol. The van der Waals surface area contributed by atoms with Gasteiger partial charge in [-0.3, -0.25) is 14.6 Å². The van der Waals surface area contributed by atoms with E-state index in [0.29, 0.717) is 23.7 Å². The third-order valence-corrected chi connectivity index (χ3v) is 4.39. The van der Waals surface area contributed by atoms with Gasteiger partial charge in [-0.2, -0.15) is 10.4 Å². The second-order valence-electron chi connectivity index (χ2n) is 5.91. The molecule has 4 aromatic rings. The van der Waals surface area contributed by atoms with Gasteiger partial charge in [0.25, 0.3) is 0 Å². The summed E-state index contributed by atoms with van der Waals surface area (Å²) in [5, 5.41) is 16.4. The van der Waals surface area contributed by atoms with Crippen LogP contribution in [0.1, 0.15) is 16.8 Å². The number of fused-ring (bicyclic) bond motifs is 2. The Morgan fingerprint density at radius 2 is 2.12 bits per heavy atom. The Morgan fingerprint density at radius 3 is 2.92 bits per heavy atom. The highest BCUT2D eigenvalue weighted by atomic mass is 35.5. The van der Waals surface area contributed by atoms with Crippen LogP contribution < -0.4 is 0 Å². The van der Waals surface area contributed by atoms with Crippen molar-refractivity contribution in [2.75, 3.05) is 7.11 Å². The number of pyridine rings is 2. The maximum absolute atomic E-state index is 9.38. The molecule has 0 aliphatic carbocycles. The number of ether oxygens (including phenoxy) is 1. The lowest BCUT2D eigenvalue weighted by atomic mass is 10.1. The minimum absolute atomic E-state index is 0.333. The molecule has 0 fully saturated rings. The van der Waals surface area contributed by atoms with Gasteiger partial charge in [-0.05, 0) is 23.8 Å². The second kappa shape index (κ2) is 6.71. The molecule has 4 rings (SSSR count). The topological polar surface area (TPSA) is 76.6 Å². The average molecular weight is 364 g/mol. The van der Waals surface area contributed by atoms with Crippen LogP contribution in [0.25, 0.3) is 21.8 Å². The number of methoxy groups -OCH3 is 1. The highest BCUT2D eigenvalue weighted by Gasteiger charge is 2.15. The van der Waals surface area contributed by atoms with Crippen LogP contribution in [0.4, 0.5) is 0 Å². The van der Waals surface area contributed by atoms with E-state index in [-0.39, 0.29) is 0 Å². The summed E-state index contributed by atoms with van der Waals surface area (Å²) in [7, 11) is 1.61. The molecule has 7 heteroatoms.